The van der Waals surface area contributed by atoms with Gasteiger partial charge in [-0.1, -0.05) is 6.07 Å². The summed E-state index contributed by atoms with van der Waals surface area (Å²) in [5.41, 5.74) is 0.961. The van der Waals surface area contributed by atoms with E-state index in [0.29, 0.717) is 6.61 Å². The van der Waals surface area contributed by atoms with E-state index in [1.54, 1.807) is 13.3 Å². The summed E-state index contributed by atoms with van der Waals surface area (Å²) in [7, 11) is 1.70. The molecule has 0 amide bonds. The molecule has 0 radical (unpaired) electrons. The molecule has 2 rings (SSSR count). The van der Waals surface area contributed by atoms with E-state index < -0.39 is 0 Å². The van der Waals surface area contributed by atoms with Crippen LogP contribution in [0.1, 0.15) is 0 Å². The molecular formula is C14H18N2O2. The lowest BCUT2D eigenvalue weighted by Crippen LogP contribution is -2.24. The molecule has 0 unspecified atom stereocenters. The number of benzene rings is 1. The fraction of sp³-hybridized carbons (Fsp3) is 0.357. The van der Waals surface area contributed by atoms with Crippen molar-refractivity contribution in [3.05, 3.63) is 36.5 Å². The molecule has 0 saturated heterocycles. The van der Waals surface area contributed by atoms with Gasteiger partial charge in [0, 0.05) is 31.8 Å². The van der Waals surface area contributed by atoms with Crippen LogP contribution in [-0.2, 0) is 4.74 Å². The number of nitrogens with one attached hydrogen (secondary N) is 1. The second-order valence-electron chi connectivity index (χ2n) is 3.92. The first-order chi connectivity index (χ1) is 8.92. The fourth-order valence-corrected chi connectivity index (χ4v) is 1.73. The van der Waals surface area contributed by atoms with Crippen LogP contribution in [-0.4, -0.2) is 38.4 Å². The Morgan fingerprint density at radius 2 is 2.00 bits per heavy atom. The highest BCUT2D eigenvalue weighted by Gasteiger charge is 2.01. The third-order valence-electron chi connectivity index (χ3n) is 2.63. The molecule has 0 aliphatic carbocycles. The summed E-state index contributed by atoms with van der Waals surface area (Å²) >= 11 is 0. The van der Waals surface area contributed by atoms with Crippen molar-refractivity contribution in [3.8, 4) is 5.75 Å². The van der Waals surface area contributed by atoms with Crippen LogP contribution in [0, 0.1) is 0 Å². The van der Waals surface area contributed by atoms with Gasteiger partial charge < -0.3 is 14.8 Å². The summed E-state index contributed by atoms with van der Waals surface area (Å²) in [6.45, 7) is 3.01. The zero-order chi connectivity index (χ0) is 12.6. The molecule has 0 fully saturated rings. The number of methoxy groups -OCH3 is 1. The van der Waals surface area contributed by atoms with Gasteiger partial charge in [-0.05, 0) is 24.3 Å². The molecule has 4 nitrogen and oxygen atoms in total. The van der Waals surface area contributed by atoms with Crippen molar-refractivity contribution >= 4 is 10.9 Å². The predicted molar refractivity (Wildman–Crippen MR) is 72.0 cm³/mol. The van der Waals surface area contributed by atoms with Gasteiger partial charge in [0.2, 0.25) is 0 Å². The Morgan fingerprint density at radius 1 is 1.11 bits per heavy atom. The van der Waals surface area contributed by atoms with E-state index in [1.165, 1.54) is 0 Å². The maximum absolute atomic E-state index is 5.76. The average Bonchev–Trinajstić information content (AvgIpc) is 2.43. The summed E-state index contributed by atoms with van der Waals surface area (Å²) in [5.74, 6) is 0.883. The SMILES string of the molecule is COCCNCCOc1cccc2ncccc12. The van der Waals surface area contributed by atoms with E-state index in [2.05, 4.69) is 10.3 Å². The molecule has 18 heavy (non-hydrogen) atoms. The Hall–Kier alpha value is -1.65. The van der Waals surface area contributed by atoms with Gasteiger partial charge in [-0.3, -0.25) is 4.98 Å². The predicted octanol–water partition coefficient (Wildman–Crippen LogP) is 1.85. The van der Waals surface area contributed by atoms with Crippen LogP contribution in [0.2, 0.25) is 0 Å². The average molecular weight is 246 g/mol. The number of ether oxygens (including phenoxy) is 2. The number of aromatic nitrogens is 1. The zero-order valence-electron chi connectivity index (χ0n) is 10.6. The van der Waals surface area contributed by atoms with E-state index in [4.69, 9.17) is 9.47 Å². The molecule has 0 spiro atoms. The molecule has 1 heterocycles. The van der Waals surface area contributed by atoms with Gasteiger partial charge in [0.05, 0.1) is 12.1 Å². The Kier molecular flexibility index (Phi) is 4.93. The maximum Gasteiger partial charge on any atom is 0.128 e. The van der Waals surface area contributed by atoms with Crippen LogP contribution in [0.15, 0.2) is 36.5 Å². The lowest BCUT2D eigenvalue weighted by molar-refractivity contribution is 0.197. The van der Waals surface area contributed by atoms with Crippen LogP contribution in [0.25, 0.3) is 10.9 Å². The minimum Gasteiger partial charge on any atom is -0.492 e. The van der Waals surface area contributed by atoms with Gasteiger partial charge in [0.25, 0.3) is 0 Å². The zero-order valence-corrected chi connectivity index (χ0v) is 10.6. The van der Waals surface area contributed by atoms with E-state index in [9.17, 15) is 0 Å². The third-order valence-corrected chi connectivity index (χ3v) is 2.63. The summed E-state index contributed by atoms with van der Waals surface area (Å²) < 4.78 is 10.7. The molecule has 0 atom stereocenters. The fourth-order valence-electron chi connectivity index (χ4n) is 1.73. The summed E-state index contributed by atoms with van der Waals surface area (Å²) in [4.78, 5) is 4.30. The second-order valence-corrected chi connectivity index (χ2v) is 3.92. The Bertz CT molecular complexity index is 483. The smallest absolute Gasteiger partial charge is 0.128 e. The molecule has 0 aliphatic heterocycles. The van der Waals surface area contributed by atoms with E-state index >= 15 is 0 Å². The Labute approximate surface area is 107 Å². The number of fused-ring (bicyclic) bond motifs is 1. The van der Waals surface area contributed by atoms with Gasteiger partial charge in [-0.2, -0.15) is 0 Å². The first-order valence-electron chi connectivity index (χ1n) is 6.08. The molecule has 0 saturated carbocycles. The highest BCUT2D eigenvalue weighted by Crippen LogP contribution is 2.23. The molecule has 0 aliphatic rings. The largest absolute Gasteiger partial charge is 0.492 e. The van der Waals surface area contributed by atoms with E-state index in [1.807, 2.05) is 30.3 Å². The molecule has 1 aromatic carbocycles. The Balaban J connectivity index is 1.88. The third kappa shape index (κ3) is 3.42. The van der Waals surface area contributed by atoms with Crippen molar-refractivity contribution in [1.29, 1.82) is 0 Å². The topological polar surface area (TPSA) is 43.4 Å². The molecule has 1 N–H and O–H groups in total. The lowest BCUT2D eigenvalue weighted by atomic mass is 10.2. The van der Waals surface area contributed by atoms with Crippen molar-refractivity contribution in [1.82, 2.24) is 10.3 Å². The summed E-state index contributed by atoms with van der Waals surface area (Å²) in [5, 5.41) is 4.29. The Morgan fingerprint density at radius 3 is 2.89 bits per heavy atom. The molecule has 1 aromatic heterocycles. The maximum atomic E-state index is 5.76. The van der Waals surface area contributed by atoms with Gasteiger partial charge in [0.1, 0.15) is 12.4 Å². The van der Waals surface area contributed by atoms with Crippen molar-refractivity contribution < 1.29 is 9.47 Å². The molecule has 2 aromatic rings. The number of pyridine rings is 1. The summed E-state index contributed by atoms with van der Waals surface area (Å²) in [6, 6.07) is 9.86. The standard InChI is InChI=1S/C14H18N2O2/c1-17-10-8-15-9-11-18-14-6-2-5-13-12(14)4-3-7-16-13/h2-7,15H,8-11H2,1H3. The minimum absolute atomic E-state index is 0.637. The van der Waals surface area contributed by atoms with Crippen molar-refractivity contribution in [2.75, 3.05) is 33.4 Å². The number of hydrogen-bond donors (Lipinski definition) is 1. The molecule has 0 bridgehead atoms. The first kappa shape index (κ1) is 12.8. The van der Waals surface area contributed by atoms with Gasteiger partial charge in [-0.15, -0.1) is 0 Å². The quantitative estimate of drug-likeness (QED) is 0.757. The van der Waals surface area contributed by atoms with Crippen LogP contribution < -0.4 is 10.1 Å². The number of rotatable bonds is 7. The monoisotopic (exact) mass is 246 g/mol. The van der Waals surface area contributed by atoms with Crippen LogP contribution in [0.5, 0.6) is 5.75 Å². The number of nitrogens with zero attached hydrogens (tertiary/aromatic N) is 1. The van der Waals surface area contributed by atoms with Crippen LogP contribution in [0.3, 0.4) is 0 Å². The van der Waals surface area contributed by atoms with Gasteiger partial charge in [-0.25, -0.2) is 0 Å². The van der Waals surface area contributed by atoms with Crippen molar-refractivity contribution in [3.63, 3.8) is 0 Å². The normalized spacial score (nSPS) is 10.7. The van der Waals surface area contributed by atoms with Crippen LogP contribution in [0.4, 0.5) is 0 Å². The van der Waals surface area contributed by atoms with E-state index in [0.717, 1.165) is 36.3 Å². The highest BCUT2D eigenvalue weighted by atomic mass is 16.5. The van der Waals surface area contributed by atoms with Gasteiger partial charge in [0.15, 0.2) is 0 Å². The lowest BCUT2D eigenvalue weighted by Gasteiger charge is -2.09. The summed E-state index contributed by atoms with van der Waals surface area (Å²) in [6.07, 6.45) is 1.79. The number of hydrogen-bond acceptors (Lipinski definition) is 4. The first-order valence-corrected chi connectivity index (χ1v) is 6.08. The molecule has 96 valence electrons. The van der Waals surface area contributed by atoms with Crippen molar-refractivity contribution in [2.24, 2.45) is 0 Å². The van der Waals surface area contributed by atoms with Crippen molar-refractivity contribution in [2.45, 2.75) is 0 Å². The molecular weight excluding hydrogens is 228 g/mol. The van der Waals surface area contributed by atoms with Crippen LogP contribution >= 0.6 is 0 Å². The van der Waals surface area contributed by atoms with Gasteiger partial charge >= 0.3 is 0 Å². The minimum atomic E-state index is 0.637. The van der Waals surface area contributed by atoms with E-state index in [-0.39, 0.29) is 0 Å². The highest BCUT2D eigenvalue weighted by molar-refractivity contribution is 5.84. The second kappa shape index (κ2) is 6.93. The molecule has 4 heteroatoms.